The molecule has 0 amide bonds. The molecule has 1 rings (SSSR count). The number of nitrogens with zero attached hydrogens (tertiary/aromatic N) is 2. The molecule has 0 bridgehead atoms. The largest absolute Gasteiger partial charge is 0.243 e. The Morgan fingerprint density at radius 2 is 0.643 bits per heavy atom. The van der Waals surface area contributed by atoms with E-state index in [0.717, 1.165) is 0 Å². The molecule has 2 heteroatoms. The Balaban J connectivity index is 1.77. The lowest BCUT2D eigenvalue weighted by Crippen LogP contribution is -2.30. The van der Waals surface area contributed by atoms with Crippen LogP contribution in [0.5, 0.6) is 0 Å². The predicted molar refractivity (Wildman–Crippen MR) is 188 cm³/mol. The van der Waals surface area contributed by atoms with Gasteiger partial charge in [-0.05, 0) is 25.7 Å². The number of imidazole rings is 1. The molecule has 0 aliphatic carbocycles. The maximum Gasteiger partial charge on any atom is 0.243 e. The van der Waals surface area contributed by atoms with Gasteiger partial charge < -0.3 is 0 Å². The van der Waals surface area contributed by atoms with Gasteiger partial charge in [-0.15, -0.1) is 0 Å². The number of aryl methyl sites for hydroxylation is 2. The summed E-state index contributed by atoms with van der Waals surface area (Å²) in [6.07, 6.45) is 54.7. The minimum absolute atomic E-state index is 1.20. The van der Waals surface area contributed by atoms with E-state index in [4.69, 9.17) is 0 Å². The molecular formula is C40H79N2+. The molecule has 1 aromatic rings. The number of hydrogen-bond acceptors (Lipinski definition) is 0. The fourth-order valence-electron chi connectivity index (χ4n) is 6.57. The van der Waals surface area contributed by atoms with Crippen LogP contribution < -0.4 is 4.57 Å². The van der Waals surface area contributed by atoms with Gasteiger partial charge in [0.05, 0.1) is 13.1 Å². The van der Waals surface area contributed by atoms with Crippen molar-refractivity contribution in [3.8, 4) is 0 Å². The first-order valence-corrected chi connectivity index (χ1v) is 19.9. The van der Waals surface area contributed by atoms with Crippen molar-refractivity contribution in [3.05, 3.63) is 18.7 Å². The second-order valence-corrected chi connectivity index (χ2v) is 13.8. The number of hydrogen-bond donors (Lipinski definition) is 0. The Bertz CT molecular complexity index is 621. The van der Waals surface area contributed by atoms with Crippen LogP contribution in [0.1, 0.15) is 226 Å². The summed E-state index contributed by atoms with van der Waals surface area (Å²) < 4.78 is 4.83. The van der Waals surface area contributed by atoms with Gasteiger partial charge >= 0.3 is 0 Å². The van der Waals surface area contributed by atoms with Gasteiger partial charge in [0.25, 0.3) is 0 Å². The fraction of sp³-hybridized carbons (Fsp3) is 0.925. The number of aromatic nitrogens is 2. The molecule has 0 radical (unpaired) electrons. The first kappa shape index (κ1) is 39.2. The lowest BCUT2D eigenvalue weighted by Gasteiger charge is -2.04. The van der Waals surface area contributed by atoms with E-state index < -0.39 is 0 Å². The van der Waals surface area contributed by atoms with Gasteiger partial charge in [-0.1, -0.05) is 200 Å². The highest BCUT2D eigenvalue weighted by Gasteiger charge is 2.04. The van der Waals surface area contributed by atoms with Crippen molar-refractivity contribution in [2.24, 2.45) is 0 Å². The van der Waals surface area contributed by atoms with Gasteiger partial charge in [-0.25, -0.2) is 9.13 Å². The zero-order valence-corrected chi connectivity index (χ0v) is 29.4. The maximum absolute atomic E-state index is 2.41. The van der Waals surface area contributed by atoms with E-state index in [1.165, 1.54) is 225 Å². The van der Waals surface area contributed by atoms with Crippen molar-refractivity contribution in [1.29, 1.82) is 0 Å². The molecule has 0 saturated carbocycles. The van der Waals surface area contributed by atoms with Gasteiger partial charge in [-0.2, -0.15) is 0 Å². The Labute approximate surface area is 266 Å². The minimum Gasteiger partial charge on any atom is -0.237 e. The van der Waals surface area contributed by atoms with Crippen molar-refractivity contribution >= 4 is 0 Å². The first-order valence-electron chi connectivity index (χ1n) is 19.9. The first-order chi connectivity index (χ1) is 20.9. The van der Waals surface area contributed by atoms with Crippen LogP contribution in [-0.4, -0.2) is 4.57 Å². The van der Waals surface area contributed by atoms with Gasteiger partial charge in [0.15, 0.2) is 0 Å². The van der Waals surface area contributed by atoms with Crippen molar-refractivity contribution in [1.82, 2.24) is 4.57 Å². The van der Waals surface area contributed by atoms with Crippen LogP contribution in [0.4, 0.5) is 0 Å². The van der Waals surface area contributed by atoms with Gasteiger partial charge in [0.2, 0.25) is 6.33 Å². The third-order valence-electron chi connectivity index (χ3n) is 9.54. The molecule has 1 heterocycles. The van der Waals surface area contributed by atoms with E-state index in [9.17, 15) is 0 Å². The third-order valence-corrected chi connectivity index (χ3v) is 9.54. The van der Waals surface area contributed by atoms with Gasteiger partial charge in [-0.3, -0.25) is 0 Å². The van der Waals surface area contributed by atoms with E-state index in [2.05, 4.69) is 41.7 Å². The van der Waals surface area contributed by atoms with Crippen LogP contribution in [0.15, 0.2) is 18.7 Å². The Kier molecular flexibility index (Phi) is 30.9. The maximum atomic E-state index is 2.41. The molecular weight excluding hydrogens is 508 g/mol. The Morgan fingerprint density at radius 1 is 0.357 bits per heavy atom. The van der Waals surface area contributed by atoms with Crippen LogP contribution in [0.3, 0.4) is 0 Å². The van der Waals surface area contributed by atoms with Crippen molar-refractivity contribution in [2.45, 2.75) is 239 Å². The van der Waals surface area contributed by atoms with Crippen molar-refractivity contribution in [3.63, 3.8) is 0 Å². The molecule has 2 nitrogen and oxygen atoms in total. The van der Waals surface area contributed by atoms with Crippen LogP contribution in [-0.2, 0) is 13.1 Å². The highest BCUT2D eigenvalue weighted by atomic mass is 15.1. The lowest BCUT2D eigenvalue weighted by molar-refractivity contribution is -0.696. The summed E-state index contributed by atoms with van der Waals surface area (Å²) in [7, 11) is 0. The lowest BCUT2D eigenvalue weighted by atomic mass is 10.0. The zero-order valence-electron chi connectivity index (χ0n) is 29.4. The standard InChI is InChI=1S/C40H79N2/c1-3-5-7-9-11-13-15-17-19-20-21-23-25-27-29-31-33-35-37-42-39-38-41(40-42)36-34-32-30-28-26-24-22-18-16-14-12-10-8-6-4-2/h38-40H,3-37H2,1-2H3/q+1. The summed E-state index contributed by atoms with van der Waals surface area (Å²) >= 11 is 0. The highest BCUT2D eigenvalue weighted by Crippen LogP contribution is 2.15. The molecule has 42 heavy (non-hydrogen) atoms. The average molecular weight is 588 g/mol. The second kappa shape index (κ2) is 33.1. The summed E-state index contributed by atoms with van der Waals surface area (Å²) in [5.41, 5.74) is 0. The molecule has 248 valence electrons. The van der Waals surface area contributed by atoms with Crippen molar-refractivity contribution in [2.75, 3.05) is 0 Å². The molecule has 0 unspecified atom stereocenters. The molecule has 0 N–H and O–H groups in total. The Morgan fingerprint density at radius 3 is 0.976 bits per heavy atom. The fourth-order valence-corrected chi connectivity index (χ4v) is 6.57. The summed E-state index contributed by atoms with van der Waals surface area (Å²) in [6.45, 7) is 7.01. The highest BCUT2D eigenvalue weighted by molar-refractivity contribution is 4.66. The minimum atomic E-state index is 1.20. The zero-order chi connectivity index (χ0) is 30.0. The second-order valence-electron chi connectivity index (χ2n) is 13.8. The normalized spacial score (nSPS) is 11.6. The molecule has 0 atom stereocenters. The molecule has 0 aromatic carbocycles. The van der Waals surface area contributed by atoms with E-state index in [1.807, 2.05) is 0 Å². The summed E-state index contributed by atoms with van der Waals surface area (Å²) in [5.74, 6) is 0. The monoisotopic (exact) mass is 588 g/mol. The third kappa shape index (κ3) is 28.0. The molecule has 0 aliphatic heterocycles. The number of rotatable bonds is 35. The Hall–Kier alpha value is -0.790. The van der Waals surface area contributed by atoms with E-state index in [-0.39, 0.29) is 0 Å². The topological polar surface area (TPSA) is 8.81 Å². The van der Waals surface area contributed by atoms with Gasteiger partial charge in [0, 0.05) is 0 Å². The van der Waals surface area contributed by atoms with E-state index in [1.54, 1.807) is 0 Å². The summed E-state index contributed by atoms with van der Waals surface area (Å²) in [4.78, 5) is 0. The van der Waals surface area contributed by atoms with E-state index in [0.29, 0.717) is 0 Å². The van der Waals surface area contributed by atoms with Crippen LogP contribution in [0.25, 0.3) is 0 Å². The number of unbranched alkanes of at least 4 members (excludes halogenated alkanes) is 31. The van der Waals surface area contributed by atoms with Crippen LogP contribution in [0.2, 0.25) is 0 Å². The van der Waals surface area contributed by atoms with Gasteiger partial charge in [0.1, 0.15) is 12.4 Å². The van der Waals surface area contributed by atoms with Crippen LogP contribution in [0, 0.1) is 0 Å². The summed E-state index contributed by atoms with van der Waals surface area (Å²) in [5, 5.41) is 0. The van der Waals surface area contributed by atoms with Crippen LogP contribution >= 0.6 is 0 Å². The average Bonchev–Trinajstić information content (AvgIpc) is 3.46. The molecule has 1 aromatic heterocycles. The smallest absolute Gasteiger partial charge is 0.237 e. The van der Waals surface area contributed by atoms with E-state index >= 15 is 0 Å². The molecule has 0 aliphatic rings. The molecule has 0 fully saturated rings. The SMILES string of the molecule is CCCCCCCCCCCCCCCCCCCC[n+]1ccn(CCCCCCCCCCCCCCCCC)c1. The quantitative estimate of drug-likeness (QED) is 0.0551. The van der Waals surface area contributed by atoms with Crippen molar-refractivity contribution < 1.29 is 4.57 Å². The molecule has 0 spiro atoms. The predicted octanol–water partition coefficient (Wildman–Crippen LogP) is 13.7. The summed E-state index contributed by atoms with van der Waals surface area (Å²) in [6, 6.07) is 0. The molecule has 0 saturated heterocycles.